The number of aromatic nitrogens is 2. The Morgan fingerprint density at radius 3 is 2.29 bits per heavy atom. The summed E-state index contributed by atoms with van der Waals surface area (Å²) in [5, 5.41) is 10.2. The fourth-order valence-electron chi connectivity index (χ4n) is 7.89. The first kappa shape index (κ1) is 39.0. The number of aryl methyl sites for hydroxylation is 2. The number of aromatic amines is 1. The zero-order valence-corrected chi connectivity index (χ0v) is 30.7. The van der Waals surface area contributed by atoms with Crippen LogP contribution in [0.3, 0.4) is 0 Å². The number of nitrogens with one attached hydrogen (secondary N) is 1. The molecule has 0 saturated carbocycles. The van der Waals surface area contributed by atoms with Gasteiger partial charge in [-0.2, -0.15) is 0 Å². The van der Waals surface area contributed by atoms with Gasteiger partial charge in [-0.3, -0.25) is 0 Å². The molecule has 0 fully saturated rings. The number of benzene rings is 2. The molecule has 2 N–H and O–H groups in total. The second-order valence-corrected chi connectivity index (χ2v) is 14.9. The number of carboxylic acids is 1. The van der Waals surface area contributed by atoms with Crippen LogP contribution in [-0.4, -0.2) is 58.3 Å². The number of unbranched alkanes of at least 4 members (excludes halogenated alkanes) is 11. The number of carboxylic acid groups (broad SMARTS) is 1. The van der Waals surface area contributed by atoms with E-state index in [0.717, 1.165) is 87.0 Å². The molecular formula is C42H64FN3O3. The molecule has 3 atom stereocenters. The van der Waals surface area contributed by atoms with E-state index in [4.69, 9.17) is 9.72 Å². The Hall–Kier alpha value is -2.77. The predicted octanol–water partition coefficient (Wildman–Crippen LogP) is 10.5. The number of imidazole rings is 1. The third kappa shape index (κ3) is 13.1. The zero-order valence-electron chi connectivity index (χ0n) is 30.7. The molecule has 0 radical (unpaired) electrons. The highest BCUT2D eigenvalue weighted by molar-refractivity contribution is 5.74. The summed E-state index contributed by atoms with van der Waals surface area (Å²) in [6.07, 6.45) is 18.7. The van der Waals surface area contributed by atoms with Crippen molar-refractivity contribution in [2.24, 2.45) is 11.8 Å². The largest absolute Gasteiger partial charge is 0.479 e. The number of aliphatic carboxylic acids is 1. The standard InChI is InChI=1S/C42H64FN3O3/c1-4-5-6-7-8-9-10-11-12-17-27-46(28-18-13-14-21-40-44-37-19-15-16-20-38(37)45-40)29-26-39(42(47)48)49-31-34-23-22-33-30-35(43)24-25-36(33)41(34)32(2)3/h15-16,19-20,24-25,30,32,34,39,41H,4-14,17-18,21-23,26-29,31H2,1-3H3,(H,44,45)(H,47,48)/t34?,39-,41-/m0/s1. The summed E-state index contributed by atoms with van der Waals surface area (Å²) in [4.78, 5) is 23.0. The summed E-state index contributed by atoms with van der Waals surface area (Å²) in [6.45, 7) is 9.83. The van der Waals surface area contributed by atoms with Gasteiger partial charge in [0.1, 0.15) is 11.6 Å². The van der Waals surface area contributed by atoms with Gasteiger partial charge in [-0.05, 0) is 105 Å². The van der Waals surface area contributed by atoms with Gasteiger partial charge in [-0.25, -0.2) is 14.2 Å². The molecule has 6 nitrogen and oxygen atoms in total. The summed E-state index contributed by atoms with van der Waals surface area (Å²) in [5.74, 6) is 0.836. The molecule has 3 aromatic rings. The van der Waals surface area contributed by atoms with Crippen LogP contribution in [0, 0.1) is 17.7 Å². The van der Waals surface area contributed by atoms with Crippen LogP contribution >= 0.6 is 0 Å². The maximum Gasteiger partial charge on any atom is 0.332 e. The third-order valence-electron chi connectivity index (χ3n) is 10.6. The van der Waals surface area contributed by atoms with Gasteiger partial charge >= 0.3 is 5.97 Å². The molecule has 0 bridgehead atoms. The van der Waals surface area contributed by atoms with E-state index in [1.807, 2.05) is 24.3 Å². The van der Waals surface area contributed by atoms with E-state index in [2.05, 4.69) is 36.7 Å². The number of hydrogen-bond donors (Lipinski definition) is 2. The summed E-state index contributed by atoms with van der Waals surface area (Å²) in [7, 11) is 0. The molecule has 1 heterocycles. The topological polar surface area (TPSA) is 78.5 Å². The molecular weight excluding hydrogens is 613 g/mol. The summed E-state index contributed by atoms with van der Waals surface area (Å²) in [5.41, 5.74) is 4.41. The van der Waals surface area contributed by atoms with Crippen molar-refractivity contribution in [3.63, 3.8) is 0 Å². The Balaban J connectivity index is 1.24. The summed E-state index contributed by atoms with van der Waals surface area (Å²) >= 11 is 0. The van der Waals surface area contributed by atoms with E-state index >= 15 is 0 Å². The predicted molar refractivity (Wildman–Crippen MR) is 200 cm³/mol. The van der Waals surface area contributed by atoms with Gasteiger partial charge in [-0.15, -0.1) is 0 Å². The van der Waals surface area contributed by atoms with Gasteiger partial charge in [0.2, 0.25) is 0 Å². The summed E-state index contributed by atoms with van der Waals surface area (Å²) < 4.78 is 20.2. The van der Waals surface area contributed by atoms with Crippen molar-refractivity contribution in [1.29, 1.82) is 0 Å². The number of rotatable bonds is 25. The number of nitrogens with zero attached hydrogens (tertiary/aromatic N) is 2. The summed E-state index contributed by atoms with van der Waals surface area (Å²) in [6, 6.07) is 13.3. The highest BCUT2D eigenvalue weighted by Gasteiger charge is 2.33. The van der Waals surface area contributed by atoms with E-state index in [0.29, 0.717) is 18.9 Å². The van der Waals surface area contributed by atoms with Gasteiger partial charge in [-0.1, -0.05) is 103 Å². The van der Waals surface area contributed by atoms with Gasteiger partial charge in [0.25, 0.3) is 0 Å². The van der Waals surface area contributed by atoms with Crippen molar-refractivity contribution in [2.75, 3.05) is 26.2 Å². The Labute approximate surface area is 295 Å². The molecule has 2 aromatic carbocycles. The molecule has 1 unspecified atom stereocenters. The normalized spacial score (nSPS) is 16.9. The molecule has 0 spiro atoms. The maximum absolute atomic E-state index is 13.9. The first-order valence-corrected chi connectivity index (χ1v) is 19.6. The minimum absolute atomic E-state index is 0.185. The molecule has 272 valence electrons. The number of ether oxygens (including phenoxy) is 1. The van der Waals surface area contributed by atoms with Crippen LogP contribution in [0.2, 0.25) is 0 Å². The lowest BCUT2D eigenvalue weighted by Crippen LogP contribution is -2.35. The Morgan fingerprint density at radius 2 is 1.61 bits per heavy atom. The molecule has 1 aromatic heterocycles. The smallest absolute Gasteiger partial charge is 0.332 e. The van der Waals surface area contributed by atoms with Crippen molar-refractivity contribution < 1.29 is 19.0 Å². The quantitative estimate of drug-likeness (QED) is 0.0873. The van der Waals surface area contributed by atoms with Gasteiger partial charge in [0.05, 0.1) is 17.6 Å². The lowest BCUT2D eigenvalue weighted by molar-refractivity contribution is -0.152. The second kappa shape index (κ2) is 21.4. The number of para-hydroxylation sites is 2. The third-order valence-corrected chi connectivity index (χ3v) is 10.6. The second-order valence-electron chi connectivity index (χ2n) is 14.9. The number of carbonyl (C=O) groups is 1. The minimum Gasteiger partial charge on any atom is -0.479 e. The van der Waals surface area contributed by atoms with Crippen LogP contribution in [0.4, 0.5) is 4.39 Å². The van der Waals surface area contributed by atoms with E-state index in [1.165, 1.54) is 63.4 Å². The van der Waals surface area contributed by atoms with Crippen molar-refractivity contribution >= 4 is 17.0 Å². The van der Waals surface area contributed by atoms with Crippen molar-refractivity contribution in [3.8, 4) is 0 Å². The van der Waals surface area contributed by atoms with Crippen LogP contribution < -0.4 is 0 Å². The van der Waals surface area contributed by atoms with Gasteiger partial charge in [0.15, 0.2) is 6.10 Å². The molecule has 0 saturated heterocycles. The van der Waals surface area contributed by atoms with E-state index < -0.39 is 12.1 Å². The van der Waals surface area contributed by atoms with Gasteiger partial charge in [0, 0.05) is 13.0 Å². The molecule has 7 heteroatoms. The average molecular weight is 678 g/mol. The number of hydrogen-bond acceptors (Lipinski definition) is 4. The first-order valence-electron chi connectivity index (χ1n) is 19.6. The molecule has 4 rings (SSSR count). The van der Waals surface area contributed by atoms with Crippen LogP contribution in [0.1, 0.15) is 140 Å². The lowest BCUT2D eigenvalue weighted by atomic mass is 9.70. The Morgan fingerprint density at radius 1 is 0.939 bits per heavy atom. The van der Waals surface area contributed by atoms with Crippen molar-refractivity contribution in [1.82, 2.24) is 14.9 Å². The van der Waals surface area contributed by atoms with Crippen LogP contribution in [0.15, 0.2) is 42.5 Å². The average Bonchev–Trinajstić information content (AvgIpc) is 3.51. The highest BCUT2D eigenvalue weighted by atomic mass is 19.1. The van der Waals surface area contributed by atoms with E-state index in [9.17, 15) is 14.3 Å². The lowest BCUT2D eigenvalue weighted by Gasteiger charge is -2.37. The highest BCUT2D eigenvalue weighted by Crippen LogP contribution is 2.41. The van der Waals surface area contributed by atoms with Crippen LogP contribution in [-0.2, 0) is 22.4 Å². The maximum atomic E-state index is 13.9. The fourth-order valence-corrected chi connectivity index (χ4v) is 7.89. The number of H-pyrrole nitrogens is 1. The van der Waals surface area contributed by atoms with E-state index in [-0.39, 0.29) is 17.7 Å². The first-order chi connectivity index (χ1) is 23.9. The van der Waals surface area contributed by atoms with E-state index in [1.54, 1.807) is 12.1 Å². The fraction of sp³-hybridized carbons (Fsp3) is 0.667. The monoisotopic (exact) mass is 677 g/mol. The van der Waals surface area contributed by atoms with Crippen LogP contribution in [0.25, 0.3) is 11.0 Å². The molecule has 0 aliphatic heterocycles. The molecule has 0 amide bonds. The molecule has 49 heavy (non-hydrogen) atoms. The molecule has 1 aliphatic carbocycles. The van der Waals surface area contributed by atoms with Crippen molar-refractivity contribution in [3.05, 3.63) is 65.2 Å². The van der Waals surface area contributed by atoms with Crippen molar-refractivity contribution in [2.45, 2.75) is 142 Å². The van der Waals surface area contributed by atoms with Crippen LogP contribution in [0.5, 0.6) is 0 Å². The Kier molecular flexibility index (Phi) is 17.1. The Bertz CT molecular complexity index is 1340. The zero-order chi connectivity index (χ0) is 34.8. The van der Waals surface area contributed by atoms with Gasteiger partial charge < -0.3 is 19.7 Å². The molecule has 1 aliphatic rings. The minimum atomic E-state index is -0.871. The number of halogens is 1. The number of fused-ring (bicyclic) bond motifs is 2. The SMILES string of the molecule is CCCCCCCCCCCCN(CCCCCc1nc2ccccc2[nH]1)CC[C@H](OCC1CCc2cc(F)ccc2[C@H]1C(C)C)C(=O)O.